The number of rotatable bonds is 5. The number of hydrogen-bond acceptors (Lipinski definition) is 4. The van der Waals surface area contributed by atoms with E-state index in [0.29, 0.717) is 19.3 Å². The zero-order chi connectivity index (χ0) is 14.2. The van der Waals surface area contributed by atoms with Crippen molar-refractivity contribution >= 4 is 15.7 Å². The highest BCUT2D eigenvalue weighted by Gasteiger charge is 2.41. The van der Waals surface area contributed by atoms with Crippen LogP contribution in [0, 0.1) is 0 Å². The minimum absolute atomic E-state index is 0.0611. The number of amides is 1. The van der Waals surface area contributed by atoms with Crippen LogP contribution in [0.4, 0.5) is 0 Å². The first kappa shape index (κ1) is 13.7. The monoisotopic (exact) mass is 297 g/mol. The van der Waals surface area contributed by atoms with E-state index in [9.17, 15) is 13.2 Å². The molecule has 0 spiro atoms. The molecule has 1 aliphatic heterocycles. The molecule has 1 aliphatic carbocycles. The Hall–Kier alpha value is -1.30. The van der Waals surface area contributed by atoms with Gasteiger partial charge in [-0.05, 0) is 31.4 Å². The van der Waals surface area contributed by atoms with Gasteiger partial charge in [0.1, 0.15) is 5.76 Å². The van der Waals surface area contributed by atoms with Gasteiger partial charge in [0, 0.05) is 24.9 Å². The molecule has 1 atom stereocenters. The second kappa shape index (κ2) is 5.24. The van der Waals surface area contributed by atoms with Crippen LogP contribution >= 0.6 is 0 Å². The molecule has 1 saturated heterocycles. The van der Waals surface area contributed by atoms with Crippen LogP contribution in [-0.4, -0.2) is 42.8 Å². The van der Waals surface area contributed by atoms with Gasteiger partial charge in [-0.2, -0.15) is 0 Å². The van der Waals surface area contributed by atoms with Gasteiger partial charge in [0.05, 0.1) is 17.8 Å². The van der Waals surface area contributed by atoms with Crippen LogP contribution in [0.15, 0.2) is 22.8 Å². The molecule has 1 aromatic heterocycles. The Bertz CT molecular complexity index is 574. The summed E-state index contributed by atoms with van der Waals surface area (Å²) < 4.78 is 28.4. The van der Waals surface area contributed by atoms with Crippen molar-refractivity contribution in [3.8, 4) is 0 Å². The van der Waals surface area contributed by atoms with Crippen molar-refractivity contribution in [3.63, 3.8) is 0 Å². The molecule has 2 aliphatic rings. The van der Waals surface area contributed by atoms with Gasteiger partial charge in [-0.25, -0.2) is 8.42 Å². The predicted molar refractivity (Wildman–Crippen MR) is 74.0 cm³/mol. The van der Waals surface area contributed by atoms with Crippen molar-refractivity contribution < 1.29 is 17.6 Å². The van der Waals surface area contributed by atoms with Crippen LogP contribution < -0.4 is 0 Å². The van der Waals surface area contributed by atoms with Crippen LogP contribution in [-0.2, 0) is 21.1 Å². The van der Waals surface area contributed by atoms with Gasteiger partial charge in [-0.3, -0.25) is 4.79 Å². The van der Waals surface area contributed by atoms with E-state index in [1.807, 2.05) is 17.0 Å². The van der Waals surface area contributed by atoms with Crippen LogP contribution in [0.2, 0.25) is 0 Å². The molecule has 1 amide bonds. The van der Waals surface area contributed by atoms with E-state index in [2.05, 4.69) is 0 Å². The maximum absolute atomic E-state index is 12.4. The zero-order valence-electron chi connectivity index (χ0n) is 11.3. The maximum atomic E-state index is 12.4. The van der Waals surface area contributed by atoms with Crippen LogP contribution in [0.1, 0.15) is 31.4 Å². The Balaban J connectivity index is 1.63. The van der Waals surface area contributed by atoms with Crippen LogP contribution in [0.25, 0.3) is 0 Å². The molecular weight excluding hydrogens is 278 g/mol. The SMILES string of the molecule is O=C(CCc1ccco1)N(C1CC1)C1CCS(=O)(=O)C1. The zero-order valence-corrected chi connectivity index (χ0v) is 12.1. The molecule has 20 heavy (non-hydrogen) atoms. The summed E-state index contributed by atoms with van der Waals surface area (Å²) in [7, 11) is -2.95. The number of carbonyl (C=O) groups is 1. The lowest BCUT2D eigenvalue weighted by atomic mass is 10.1. The lowest BCUT2D eigenvalue weighted by molar-refractivity contribution is -0.133. The van der Waals surface area contributed by atoms with Gasteiger partial charge in [-0.1, -0.05) is 0 Å². The molecule has 5 nitrogen and oxygen atoms in total. The van der Waals surface area contributed by atoms with Crippen molar-refractivity contribution in [1.29, 1.82) is 0 Å². The van der Waals surface area contributed by atoms with E-state index in [-0.39, 0.29) is 29.5 Å². The van der Waals surface area contributed by atoms with Gasteiger partial charge in [0.25, 0.3) is 0 Å². The van der Waals surface area contributed by atoms with Crippen LogP contribution in [0.5, 0.6) is 0 Å². The van der Waals surface area contributed by atoms with Gasteiger partial charge in [0.2, 0.25) is 5.91 Å². The summed E-state index contributed by atoms with van der Waals surface area (Å²) in [6, 6.07) is 3.81. The summed E-state index contributed by atoms with van der Waals surface area (Å²) >= 11 is 0. The molecule has 110 valence electrons. The third-order valence-corrected chi connectivity index (χ3v) is 5.75. The molecule has 3 rings (SSSR count). The molecule has 0 N–H and O–H groups in total. The lowest BCUT2D eigenvalue weighted by Gasteiger charge is -2.28. The highest BCUT2D eigenvalue weighted by molar-refractivity contribution is 7.91. The third-order valence-electron chi connectivity index (χ3n) is 4.00. The number of furan rings is 1. The Kier molecular flexibility index (Phi) is 3.58. The normalized spacial score (nSPS) is 24.7. The van der Waals surface area contributed by atoms with Gasteiger partial charge in [-0.15, -0.1) is 0 Å². The average molecular weight is 297 g/mol. The van der Waals surface area contributed by atoms with Crippen molar-refractivity contribution in [2.75, 3.05) is 11.5 Å². The van der Waals surface area contributed by atoms with Crippen molar-refractivity contribution in [1.82, 2.24) is 4.90 Å². The highest BCUT2D eigenvalue weighted by atomic mass is 32.2. The highest BCUT2D eigenvalue weighted by Crippen LogP contribution is 2.32. The summed E-state index contributed by atoms with van der Waals surface area (Å²) in [5.41, 5.74) is 0. The number of nitrogens with zero attached hydrogens (tertiary/aromatic N) is 1. The van der Waals surface area contributed by atoms with E-state index < -0.39 is 9.84 Å². The number of hydrogen-bond donors (Lipinski definition) is 0. The first-order chi connectivity index (χ1) is 9.55. The quantitative estimate of drug-likeness (QED) is 0.823. The average Bonchev–Trinajstić information content (AvgIpc) is 2.95. The summed E-state index contributed by atoms with van der Waals surface area (Å²) in [6.45, 7) is 0. The Labute approximate surface area is 118 Å². The largest absolute Gasteiger partial charge is 0.469 e. The fraction of sp³-hybridized carbons (Fsp3) is 0.643. The van der Waals surface area contributed by atoms with E-state index >= 15 is 0 Å². The van der Waals surface area contributed by atoms with Gasteiger partial charge in [0.15, 0.2) is 9.84 Å². The minimum atomic E-state index is -2.95. The van der Waals surface area contributed by atoms with E-state index in [4.69, 9.17) is 4.42 Å². The minimum Gasteiger partial charge on any atom is -0.469 e. The Morgan fingerprint density at radius 2 is 2.10 bits per heavy atom. The molecule has 0 bridgehead atoms. The van der Waals surface area contributed by atoms with Crippen molar-refractivity contribution in [3.05, 3.63) is 24.2 Å². The number of carbonyl (C=O) groups excluding carboxylic acids is 1. The van der Waals surface area contributed by atoms with E-state index in [1.54, 1.807) is 6.26 Å². The van der Waals surface area contributed by atoms with Crippen LogP contribution in [0.3, 0.4) is 0 Å². The summed E-state index contributed by atoms with van der Waals surface area (Å²) in [6.07, 6.45) is 5.16. The molecular formula is C14H19NO4S. The molecule has 0 radical (unpaired) electrons. The maximum Gasteiger partial charge on any atom is 0.223 e. The Morgan fingerprint density at radius 1 is 1.30 bits per heavy atom. The number of sulfone groups is 1. The van der Waals surface area contributed by atoms with Crippen molar-refractivity contribution in [2.45, 2.75) is 44.2 Å². The second-order valence-corrected chi connectivity index (χ2v) is 7.90. The molecule has 1 aromatic rings. The van der Waals surface area contributed by atoms with Crippen molar-refractivity contribution in [2.24, 2.45) is 0 Å². The molecule has 2 heterocycles. The van der Waals surface area contributed by atoms with Gasteiger partial charge >= 0.3 is 0 Å². The molecule has 6 heteroatoms. The molecule has 0 aromatic carbocycles. The first-order valence-corrected chi connectivity index (χ1v) is 8.91. The molecule has 1 unspecified atom stereocenters. The topological polar surface area (TPSA) is 67.6 Å². The summed E-state index contributed by atoms with van der Waals surface area (Å²) in [5.74, 6) is 1.21. The first-order valence-electron chi connectivity index (χ1n) is 7.09. The second-order valence-electron chi connectivity index (χ2n) is 5.67. The fourth-order valence-electron chi connectivity index (χ4n) is 2.87. The molecule has 2 fully saturated rings. The Morgan fingerprint density at radius 3 is 2.65 bits per heavy atom. The smallest absolute Gasteiger partial charge is 0.223 e. The lowest BCUT2D eigenvalue weighted by Crippen LogP contribution is -2.42. The predicted octanol–water partition coefficient (Wildman–Crippen LogP) is 1.39. The fourth-order valence-corrected chi connectivity index (χ4v) is 4.58. The van der Waals surface area contributed by atoms with E-state index in [0.717, 1.165) is 18.6 Å². The summed E-state index contributed by atoms with van der Waals surface area (Å²) in [4.78, 5) is 14.2. The molecule has 1 saturated carbocycles. The summed E-state index contributed by atoms with van der Waals surface area (Å²) in [5, 5.41) is 0. The van der Waals surface area contributed by atoms with Gasteiger partial charge < -0.3 is 9.32 Å². The third kappa shape index (κ3) is 3.06. The van der Waals surface area contributed by atoms with E-state index in [1.165, 1.54) is 0 Å². The standard InChI is InChI=1S/C14H19NO4S/c16-14(6-5-13-2-1-8-19-13)15(11-3-4-11)12-7-9-20(17,18)10-12/h1-2,8,11-12H,3-7,9-10H2. The number of aryl methyl sites for hydroxylation is 1.